The third-order valence-electron chi connectivity index (χ3n) is 5.42. The molecule has 4 heteroatoms. The Balaban J connectivity index is 1.44. The average Bonchev–Trinajstić information content (AvgIpc) is 3.46. The molecule has 1 heterocycles. The van der Waals surface area contributed by atoms with E-state index in [1.807, 2.05) is 4.90 Å². The van der Waals surface area contributed by atoms with Crippen molar-refractivity contribution >= 4 is 6.03 Å². The van der Waals surface area contributed by atoms with Crippen LogP contribution in [0.3, 0.4) is 0 Å². The van der Waals surface area contributed by atoms with Crippen molar-refractivity contribution in [2.45, 2.75) is 58.5 Å². The maximum absolute atomic E-state index is 12.3. The predicted octanol–water partition coefficient (Wildman–Crippen LogP) is 4.00. The number of urea groups is 1. The number of carbonyl (C=O) groups excluding carboxylic acids is 1. The summed E-state index contributed by atoms with van der Waals surface area (Å²) < 4.78 is 0. The number of carbonyl (C=O) groups is 1. The molecule has 138 valence electrons. The molecule has 0 bridgehead atoms. The molecule has 1 aromatic carbocycles. The Bertz CT molecular complexity index is 531. The maximum atomic E-state index is 12.3. The van der Waals surface area contributed by atoms with Crippen molar-refractivity contribution in [1.82, 2.24) is 15.1 Å². The fourth-order valence-corrected chi connectivity index (χ4v) is 3.57. The lowest BCUT2D eigenvalue weighted by molar-refractivity contribution is 0.197. The Labute approximate surface area is 152 Å². The molecule has 1 aliphatic heterocycles. The summed E-state index contributed by atoms with van der Waals surface area (Å²) in [5, 5.41) is 3.07. The molecule has 0 spiro atoms. The summed E-state index contributed by atoms with van der Waals surface area (Å²) >= 11 is 0. The van der Waals surface area contributed by atoms with Crippen molar-refractivity contribution < 1.29 is 4.79 Å². The van der Waals surface area contributed by atoms with Gasteiger partial charge in [-0.05, 0) is 62.7 Å². The van der Waals surface area contributed by atoms with Gasteiger partial charge in [0.1, 0.15) is 0 Å². The molecule has 0 unspecified atom stereocenters. The van der Waals surface area contributed by atoms with Crippen LogP contribution in [0.1, 0.15) is 56.6 Å². The minimum absolute atomic E-state index is 0.0723. The number of nitrogens with one attached hydrogen (secondary N) is 1. The van der Waals surface area contributed by atoms with Crippen molar-refractivity contribution in [3.05, 3.63) is 35.4 Å². The molecule has 25 heavy (non-hydrogen) atoms. The van der Waals surface area contributed by atoms with E-state index in [1.165, 1.54) is 62.7 Å². The molecule has 2 amide bonds. The number of likely N-dealkylation sites (tertiary alicyclic amines) is 1. The zero-order chi connectivity index (χ0) is 17.5. The van der Waals surface area contributed by atoms with Crippen molar-refractivity contribution in [3.8, 4) is 0 Å². The summed E-state index contributed by atoms with van der Waals surface area (Å²) in [6.45, 7) is 7.88. The number of benzene rings is 1. The SMILES string of the molecule is CCN(CC1CC1)C(=O)NCc1ccc(CN2CCCCCC2)cc1. The zero-order valence-corrected chi connectivity index (χ0v) is 15.7. The Hall–Kier alpha value is -1.55. The molecule has 3 rings (SSSR count). The predicted molar refractivity (Wildman–Crippen MR) is 102 cm³/mol. The molecule has 1 N–H and O–H groups in total. The summed E-state index contributed by atoms with van der Waals surface area (Å²) in [5.74, 6) is 0.740. The van der Waals surface area contributed by atoms with Crippen LogP contribution < -0.4 is 5.32 Å². The van der Waals surface area contributed by atoms with E-state index < -0.39 is 0 Å². The lowest BCUT2D eigenvalue weighted by atomic mass is 10.1. The van der Waals surface area contributed by atoms with Gasteiger partial charge in [-0.2, -0.15) is 0 Å². The Morgan fingerprint density at radius 1 is 1.08 bits per heavy atom. The van der Waals surface area contributed by atoms with Crippen molar-refractivity contribution in [3.63, 3.8) is 0 Å². The van der Waals surface area contributed by atoms with Gasteiger partial charge in [0.25, 0.3) is 0 Å². The Morgan fingerprint density at radius 2 is 1.72 bits per heavy atom. The number of nitrogens with zero attached hydrogens (tertiary/aromatic N) is 2. The first-order valence-electron chi connectivity index (χ1n) is 10.1. The van der Waals surface area contributed by atoms with Gasteiger partial charge in [0, 0.05) is 26.2 Å². The van der Waals surface area contributed by atoms with E-state index in [2.05, 4.69) is 41.4 Å². The topological polar surface area (TPSA) is 35.6 Å². The number of rotatable bonds is 7. The van der Waals surface area contributed by atoms with Gasteiger partial charge in [-0.3, -0.25) is 4.90 Å². The molecule has 0 aromatic heterocycles. The van der Waals surface area contributed by atoms with Gasteiger partial charge >= 0.3 is 6.03 Å². The Kier molecular flexibility index (Phi) is 6.74. The largest absolute Gasteiger partial charge is 0.334 e. The van der Waals surface area contributed by atoms with Crippen LogP contribution in [0.15, 0.2) is 24.3 Å². The van der Waals surface area contributed by atoms with Gasteiger partial charge in [0.05, 0.1) is 0 Å². The first-order chi connectivity index (χ1) is 12.2. The van der Waals surface area contributed by atoms with Gasteiger partial charge in [-0.15, -0.1) is 0 Å². The molecule has 2 aliphatic rings. The molecular weight excluding hydrogens is 310 g/mol. The van der Waals surface area contributed by atoms with Crippen LogP contribution >= 0.6 is 0 Å². The van der Waals surface area contributed by atoms with E-state index in [4.69, 9.17) is 0 Å². The van der Waals surface area contributed by atoms with Gasteiger partial charge in [-0.25, -0.2) is 4.79 Å². The third-order valence-corrected chi connectivity index (χ3v) is 5.42. The number of amides is 2. The van der Waals surface area contributed by atoms with Gasteiger partial charge < -0.3 is 10.2 Å². The van der Waals surface area contributed by atoms with E-state index in [-0.39, 0.29) is 6.03 Å². The van der Waals surface area contributed by atoms with Crippen molar-refractivity contribution in [1.29, 1.82) is 0 Å². The molecular formula is C21H33N3O. The van der Waals surface area contributed by atoms with Crippen molar-refractivity contribution in [2.75, 3.05) is 26.2 Å². The monoisotopic (exact) mass is 343 g/mol. The van der Waals surface area contributed by atoms with Crippen LogP contribution in [0.5, 0.6) is 0 Å². The van der Waals surface area contributed by atoms with Crippen LogP contribution in [0.2, 0.25) is 0 Å². The minimum Gasteiger partial charge on any atom is -0.334 e. The summed E-state index contributed by atoms with van der Waals surface area (Å²) in [5.41, 5.74) is 2.55. The molecule has 0 radical (unpaired) electrons. The zero-order valence-electron chi connectivity index (χ0n) is 15.7. The highest BCUT2D eigenvalue weighted by Gasteiger charge is 2.25. The fourth-order valence-electron chi connectivity index (χ4n) is 3.57. The molecule has 0 atom stereocenters. The van der Waals surface area contributed by atoms with E-state index >= 15 is 0 Å². The number of hydrogen-bond acceptors (Lipinski definition) is 2. The second kappa shape index (κ2) is 9.23. The van der Waals surface area contributed by atoms with Crippen LogP contribution in [0.4, 0.5) is 4.79 Å². The fraction of sp³-hybridized carbons (Fsp3) is 0.667. The van der Waals surface area contributed by atoms with Gasteiger partial charge in [0.15, 0.2) is 0 Å². The van der Waals surface area contributed by atoms with Gasteiger partial charge in [0.2, 0.25) is 0 Å². The minimum atomic E-state index is 0.0723. The second-order valence-corrected chi connectivity index (χ2v) is 7.65. The highest BCUT2D eigenvalue weighted by atomic mass is 16.2. The average molecular weight is 344 g/mol. The lowest BCUT2D eigenvalue weighted by Gasteiger charge is -2.21. The van der Waals surface area contributed by atoms with Crippen LogP contribution in [-0.2, 0) is 13.1 Å². The molecule has 1 aliphatic carbocycles. The van der Waals surface area contributed by atoms with Crippen LogP contribution in [0, 0.1) is 5.92 Å². The molecule has 1 saturated heterocycles. The Morgan fingerprint density at radius 3 is 2.32 bits per heavy atom. The highest BCUT2D eigenvalue weighted by molar-refractivity contribution is 5.74. The first kappa shape index (κ1) is 18.2. The summed E-state index contributed by atoms with van der Waals surface area (Å²) in [6, 6.07) is 8.82. The third kappa shape index (κ3) is 6.03. The van der Waals surface area contributed by atoms with E-state index in [9.17, 15) is 4.79 Å². The van der Waals surface area contributed by atoms with Crippen molar-refractivity contribution in [2.24, 2.45) is 5.92 Å². The molecule has 1 saturated carbocycles. The normalized spacial score (nSPS) is 18.6. The number of hydrogen-bond donors (Lipinski definition) is 1. The quantitative estimate of drug-likeness (QED) is 0.812. The standard InChI is InChI=1S/C21H33N3O/c1-2-24(17-20-11-12-20)21(25)22-15-18-7-9-19(10-8-18)16-23-13-5-3-4-6-14-23/h7-10,20H,2-6,11-17H2,1H3,(H,22,25). The van der Waals surface area contributed by atoms with Crippen LogP contribution in [-0.4, -0.2) is 42.0 Å². The molecule has 1 aromatic rings. The van der Waals surface area contributed by atoms with E-state index in [0.29, 0.717) is 6.54 Å². The van der Waals surface area contributed by atoms with E-state index in [0.717, 1.165) is 25.6 Å². The highest BCUT2D eigenvalue weighted by Crippen LogP contribution is 2.29. The molecule has 2 fully saturated rings. The molecule has 4 nitrogen and oxygen atoms in total. The maximum Gasteiger partial charge on any atom is 0.317 e. The lowest BCUT2D eigenvalue weighted by Crippen LogP contribution is -2.40. The summed E-state index contributed by atoms with van der Waals surface area (Å²) in [4.78, 5) is 16.8. The van der Waals surface area contributed by atoms with Crippen LogP contribution in [0.25, 0.3) is 0 Å². The van der Waals surface area contributed by atoms with Gasteiger partial charge in [-0.1, -0.05) is 37.1 Å². The summed E-state index contributed by atoms with van der Waals surface area (Å²) in [7, 11) is 0. The van der Waals surface area contributed by atoms with E-state index in [1.54, 1.807) is 0 Å². The smallest absolute Gasteiger partial charge is 0.317 e. The summed E-state index contributed by atoms with van der Waals surface area (Å²) in [6.07, 6.45) is 7.98. The first-order valence-corrected chi connectivity index (χ1v) is 10.1. The second-order valence-electron chi connectivity index (χ2n) is 7.65.